The highest BCUT2D eigenvalue weighted by Gasteiger charge is 2.32. The number of hydrogen-bond donors (Lipinski definition) is 1. The molecule has 1 aliphatic heterocycles. The molecular weight excluding hydrogens is 276 g/mol. The van der Waals surface area contributed by atoms with Gasteiger partial charge in [-0.3, -0.25) is 4.90 Å². The first-order valence-corrected chi connectivity index (χ1v) is 7.03. The molecule has 0 bridgehead atoms. The number of rotatable bonds is 4. The van der Waals surface area contributed by atoms with Gasteiger partial charge in [-0.2, -0.15) is 0 Å². The van der Waals surface area contributed by atoms with E-state index in [-0.39, 0.29) is 0 Å². The Morgan fingerprint density at radius 2 is 2.18 bits per heavy atom. The van der Waals surface area contributed by atoms with Crippen molar-refractivity contribution in [2.75, 3.05) is 26.7 Å². The number of nitrogens with zero attached hydrogens (tertiary/aromatic N) is 1. The van der Waals surface area contributed by atoms with Crippen molar-refractivity contribution >= 4 is 15.9 Å². The third-order valence-corrected chi connectivity index (χ3v) is 4.37. The van der Waals surface area contributed by atoms with Gasteiger partial charge in [0.15, 0.2) is 0 Å². The molecule has 2 nitrogen and oxygen atoms in total. The van der Waals surface area contributed by atoms with Crippen molar-refractivity contribution in [1.82, 2.24) is 10.2 Å². The Labute approximate surface area is 113 Å². The minimum absolute atomic E-state index is 0.440. The Balaban J connectivity index is 1.96. The van der Waals surface area contributed by atoms with Crippen LogP contribution in [0.25, 0.3) is 0 Å². The summed E-state index contributed by atoms with van der Waals surface area (Å²) < 4.78 is 1.22. The van der Waals surface area contributed by atoms with Crippen molar-refractivity contribution in [3.05, 3.63) is 34.3 Å². The van der Waals surface area contributed by atoms with Gasteiger partial charge in [-0.25, -0.2) is 0 Å². The van der Waals surface area contributed by atoms with E-state index in [9.17, 15) is 0 Å². The van der Waals surface area contributed by atoms with E-state index in [0.717, 1.165) is 13.1 Å². The quantitative estimate of drug-likeness (QED) is 0.919. The Bertz CT molecular complexity index is 380. The molecule has 2 rings (SSSR count). The van der Waals surface area contributed by atoms with Crippen molar-refractivity contribution < 1.29 is 0 Å². The van der Waals surface area contributed by atoms with E-state index in [1.54, 1.807) is 0 Å². The third kappa shape index (κ3) is 3.30. The molecule has 1 saturated heterocycles. The Hall–Kier alpha value is -0.380. The van der Waals surface area contributed by atoms with Gasteiger partial charge in [0, 0.05) is 24.1 Å². The number of halogens is 1. The molecule has 1 aromatic carbocycles. The SMILES string of the molecule is CNCC1(C)CCN(Cc2ccccc2Br)C1. The fourth-order valence-electron chi connectivity index (χ4n) is 2.70. The zero-order chi connectivity index (χ0) is 12.3. The molecule has 17 heavy (non-hydrogen) atoms. The van der Waals surface area contributed by atoms with Crippen LogP contribution in [-0.4, -0.2) is 31.6 Å². The highest BCUT2D eigenvalue weighted by molar-refractivity contribution is 9.10. The van der Waals surface area contributed by atoms with E-state index in [0.29, 0.717) is 5.41 Å². The van der Waals surface area contributed by atoms with E-state index in [2.05, 4.69) is 57.3 Å². The van der Waals surface area contributed by atoms with Crippen LogP contribution in [-0.2, 0) is 6.54 Å². The lowest BCUT2D eigenvalue weighted by Gasteiger charge is -2.24. The first kappa shape index (κ1) is 13.1. The molecule has 1 atom stereocenters. The van der Waals surface area contributed by atoms with Gasteiger partial charge < -0.3 is 5.32 Å². The minimum atomic E-state index is 0.440. The van der Waals surface area contributed by atoms with Crippen LogP contribution >= 0.6 is 15.9 Å². The molecule has 1 aromatic rings. The van der Waals surface area contributed by atoms with Crippen molar-refractivity contribution in [3.63, 3.8) is 0 Å². The molecule has 0 spiro atoms. The van der Waals surface area contributed by atoms with E-state index in [1.807, 2.05) is 7.05 Å². The van der Waals surface area contributed by atoms with Gasteiger partial charge in [-0.1, -0.05) is 41.1 Å². The first-order valence-electron chi connectivity index (χ1n) is 6.23. The normalized spacial score (nSPS) is 25.4. The van der Waals surface area contributed by atoms with Crippen LogP contribution in [0.15, 0.2) is 28.7 Å². The van der Waals surface area contributed by atoms with Gasteiger partial charge in [0.2, 0.25) is 0 Å². The standard InChI is InChI=1S/C14H21BrN2/c1-14(10-16-2)7-8-17(11-14)9-12-5-3-4-6-13(12)15/h3-6,16H,7-11H2,1-2H3. The second kappa shape index (κ2) is 5.51. The van der Waals surface area contributed by atoms with E-state index in [4.69, 9.17) is 0 Å². The summed E-state index contributed by atoms with van der Waals surface area (Å²) in [6.07, 6.45) is 1.29. The smallest absolute Gasteiger partial charge is 0.0245 e. The Morgan fingerprint density at radius 1 is 1.41 bits per heavy atom. The highest BCUT2D eigenvalue weighted by Crippen LogP contribution is 2.30. The van der Waals surface area contributed by atoms with Crippen LogP contribution in [0, 0.1) is 5.41 Å². The molecule has 1 unspecified atom stereocenters. The molecule has 1 aliphatic rings. The molecule has 1 heterocycles. The zero-order valence-electron chi connectivity index (χ0n) is 10.7. The summed E-state index contributed by atoms with van der Waals surface area (Å²) in [7, 11) is 2.04. The lowest BCUT2D eigenvalue weighted by atomic mass is 9.90. The van der Waals surface area contributed by atoms with E-state index in [1.165, 1.54) is 29.5 Å². The Morgan fingerprint density at radius 3 is 2.88 bits per heavy atom. The molecule has 0 aromatic heterocycles. The summed E-state index contributed by atoms with van der Waals surface area (Å²) >= 11 is 3.62. The van der Waals surface area contributed by atoms with Crippen LogP contribution < -0.4 is 5.32 Å². The summed E-state index contributed by atoms with van der Waals surface area (Å²) in [5.41, 5.74) is 1.83. The monoisotopic (exact) mass is 296 g/mol. The van der Waals surface area contributed by atoms with Crippen LogP contribution in [0.4, 0.5) is 0 Å². The summed E-state index contributed by atoms with van der Waals surface area (Å²) in [5.74, 6) is 0. The second-order valence-corrected chi connectivity index (χ2v) is 6.25. The van der Waals surface area contributed by atoms with Gasteiger partial charge in [0.1, 0.15) is 0 Å². The average Bonchev–Trinajstić information content (AvgIpc) is 2.64. The molecule has 0 radical (unpaired) electrons. The lowest BCUT2D eigenvalue weighted by molar-refractivity contribution is 0.265. The maximum absolute atomic E-state index is 3.62. The van der Waals surface area contributed by atoms with Crippen LogP contribution in [0.1, 0.15) is 18.9 Å². The molecule has 94 valence electrons. The van der Waals surface area contributed by atoms with Crippen LogP contribution in [0.3, 0.4) is 0 Å². The predicted octanol–water partition coefficient (Wildman–Crippen LogP) is 2.88. The topological polar surface area (TPSA) is 15.3 Å². The molecule has 0 aliphatic carbocycles. The average molecular weight is 297 g/mol. The van der Waals surface area contributed by atoms with Crippen molar-refractivity contribution in [3.8, 4) is 0 Å². The van der Waals surface area contributed by atoms with Gasteiger partial charge in [-0.15, -0.1) is 0 Å². The molecule has 3 heteroatoms. The Kier molecular flexibility index (Phi) is 4.23. The second-order valence-electron chi connectivity index (χ2n) is 5.39. The van der Waals surface area contributed by atoms with Crippen molar-refractivity contribution in [2.24, 2.45) is 5.41 Å². The number of nitrogens with one attached hydrogen (secondary N) is 1. The fourth-order valence-corrected chi connectivity index (χ4v) is 3.11. The molecule has 0 amide bonds. The zero-order valence-corrected chi connectivity index (χ0v) is 12.3. The predicted molar refractivity (Wildman–Crippen MR) is 76.1 cm³/mol. The summed E-state index contributed by atoms with van der Waals surface area (Å²) in [4.78, 5) is 2.55. The highest BCUT2D eigenvalue weighted by atomic mass is 79.9. The van der Waals surface area contributed by atoms with Crippen LogP contribution in [0.2, 0.25) is 0 Å². The molecule has 0 saturated carbocycles. The lowest BCUT2D eigenvalue weighted by Crippen LogP contribution is -2.32. The molecule has 1 fully saturated rings. The first-order chi connectivity index (χ1) is 8.13. The van der Waals surface area contributed by atoms with Gasteiger partial charge in [-0.05, 0) is 37.1 Å². The maximum atomic E-state index is 3.62. The van der Waals surface area contributed by atoms with Crippen molar-refractivity contribution in [1.29, 1.82) is 0 Å². The van der Waals surface area contributed by atoms with Crippen molar-refractivity contribution in [2.45, 2.75) is 19.9 Å². The van der Waals surface area contributed by atoms with Gasteiger partial charge in [0.25, 0.3) is 0 Å². The number of likely N-dealkylation sites (tertiary alicyclic amines) is 1. The number of hydrogen-bond acceptors (Lipinski definition) is 2. The molecule has 1 N–H and O–H groups in total. The summed E-state index contributed by atoms with van der Waals surface area (Å²) in [6.45, 7) is 6.94. The number of benzene rings is 1. The van der Waals surface area contributed by atoms with Crippen LogP contribution in [0.5, 0.6) is 0 Å². The minimum Gasteiger partial charge on any atom is -0.319 e. The van der Waals surface area contributed by atoms with Gasteiger partial charge >= 0.3 is 0 Å². The van der Waals surface area contributed by atoms with E-state index >= 15 is 0 Å². The van der Waals surface area contributed by atoms with E-state index < -0.39 is 0 Å². The van der Waals surface area contributed by atoms with Gasteiger partial charge in [0.05, 0.1) is 0 Å². The summed E-state index contributed by atoms with van der Waals surface area (Å²) in [6, 6.07) is 8.52. The molecular formula is C14H21BrN2. The summed E-state index contributed by atoms with van der Waals surface area (Å²) in [5, 5.41) is 3.31. The largest absolute Gasteiger partial charge is 0.319 e. The maximum Gasteiger partial charge on any atom is 0.0245 e. The fraction of sp³-hybridized carbons (Fsp3) is 0.571. The third-order valence-electron chi connectivity index (χ3n) is 3.59.